The van der Waals surface area contributed by atoms with Crippen LogP contribution in [-0.2, 0) is 16.1 Å². The Kier molecular flexibility index (Phi) is 6.04. The Morgan fingerprint density at radius 1 is 1.31 bits per heavy atom. The lowest BCUT2D eigenvalue weighted by Crippen LogP contribution is -1.97. The molecule has 2 nitrogen and oxygen atoms in total. The molecule has 0 spiro atoms. The van der Waals surface area contributed by atoms with Crippen molar-refractivity contribution in [2.24, 2.45) is 0 Å². The van der Waals surface area contributed by atoms with Crippen molar-refractivity contribution in [3.8, 4) is 0 Å². The highest BCUT2D eigenvalue weighted by Crippen LogP contribution is 2.02. The first-order chi connectivity index (χ1) is 7.83. The van der Waals surface area contributed by atoms with Crippen molar-refractivity contribution < 1.29 is 9.47 Å². The minimum atomic E-state index is 0.538. The maximum absolute atomic E-state index is 5.54. The van der Waals surface area contributed by atoms with E-state index in [1.54, 1.807) is 12.3 Å². The molecule has 0 aliphatic heterocycles. The average Bonchev–Trinajstić information content (AvgIpc) is 2.31. The topological polar surface area (TPSA) is 18.5 Å². The summed E-state index contributed by atoms with van der Waals surface area (Å²) in [6, 6.07) is 10.1. The van der Waals surface area contributed by atoms with Gasteiger partial charge in [-0.05, 0) is 18.1 Å². The molecule has 0 saturated carbocycles. The van der Waals surface area contributed by atoms with E-state index in [2.05, 4.69) is 6.58 Å². The largest absolute Gasteiger partial charge is 0.497 e. The molecular weight excluding hydrogens is 200 g/mol. The highest BCUT2D eigenvalue weighted by molar-refractivity contribution is 5.13. The standard InChI is InChI=1S/C14H18O2/c1-3-9-15-10-13(2)11-16-12-14-7-5-4-6-8-14/h3-8,10H,1,9,11-12H2,2H3/b13-10+. The van der Waals surface area contributed by atoms with E-state index in [4.69, 9.17) is 9.47 Å². The van der Waals surface area contributed by atoms with Crippen LogP contribution in [0.5, 0.6) is 0 Å². The minimum absolute atomic E-state index is 0.538. The molecule has 0 aromatic heterocycles. The molecule has 0 bridgehead atoms. The van der Waals surface area contributed by atoms with Crippen LogP contribution >= 0.6 is 0 Å². The molecule has 0 atom stereocenters. The van der Waals surface area contributed by atoms with E-state index in [0.717, 1.165) is 5.57 Å². The van der Waals surface area contributed by atoms with Gasteiger partial charge in [-0.1, -0.05) is 43.0 Å². The summed E-state index contributed by atoms with van der Waals surface area (Å²) in [5.41, 5.74) is 2.25. The van der Waals surface area contributed by atoms with Crippen LogP contribution in [0.15, 0.2) is 54.8 Å². The van der Waals surface area contributed by atoms with Gasteiger partial charge in [0.25, 0.3) is 0 Å². The van der Waals surface area contributed by atoms with Crippen LogP contribution in [0.3, 0.4) is 0 Å². The molecule has 16 heavy (non-hydrogen) atoms. The molecule has 0 N–H and O–H groups in total. The number of hydrogen-bond acceptors (Lipinski definition) is 2. The van der Waals surface area contributed by atoms with E-state index >= 15 is 0 Å². The molecule has 0 unspecified atom stereocenters. The van der Waals surface area contributed by atoms with Crippen LogP contribution < -0.4 is 0 Å². The summed E-state index contributed by atoms with van der Waals surface area (Å²) in [4.78, 5) is 0. The Labute approximate surface area is 97.2 Å². The fourth-order valence-corrected chi connectivity index (χ4v) is 1.20. The third-order valence-corrected chi connectivity index (χ3v) is 1.94. The van der Waals surface area contributed by atoms with Gasteiger partial charge < -0.3 is 9.47 Å². The quantitative estimate of drug-likeness (QED) is 0.397. The predicted octanol–water partition coefficient (Wildman–Crippen LogP) is 3.31. The Bertz CT molecular complexity index is 328. The normalized spacial score (nSPS) is 11.2. The summed E-state index contributed by atoms with van der Waals surface area (Å²) in [6.07, 6.45) is 3.43. The van der Waals surface area contributed by atoms with Crippen LogP contribution in [0, 0.1) is 0 Å². The summed E-state index contributed by atoms with van der Waals surface area (Å²) in [5.74, 6) is 0. The fraction of sp³-hybridized carbons (Fsp3) is 0.286. The van der Waals surface area contributed by atoms with Crippen molar-refractivity contribution >= 4 is 0 Å². The lowest BCUT2D eigenvalue weighted by molar-refractivity contribution is 0.139. The van der Waals surface area contributed by atoms with Gasteiger partial charge in [0.2, 0.25) is 0 Å². The summed E-state index contributed by atoms with van der Waals surface area (Å²) in [6.45, 7) is 7.31. The Balaban J connectivity index is 2.20. The summed E-state index contributed by atoms with van der Waals surface area (Å²) in [5, 5.41) is 0. The highest BCUT2D eigenvalue weighted by Gasteiger charge is 1.93. The molecular formula is C14H18O2. The Hall–Kier alpha value is -1.54. The van der Waals surface area contributed by atoms with Crippen LogP contribution in [0.1, 0.15) is 12.5 Å². The van der Waals surface area contributed by atoms with Crippen LogP contribution in [0.25, 0.3) is 0 Å². The van der Waals surface area contributed by atoms with Gasteiger partial charge in [0, 0.05) is 0 Å². The van der Waals surface area contributed by atoms with Gasteiger partial charge in [0.05, 0.1) is 19.5 Å². The molecule has 1 aromatic rings. The van der Waals surface area contributed by atoms with E-state index in [9.17, 15) is 0 Å². The SMILES string of the molecule is C=CCO/C=C(\C)COCc1ccccc1. The van der Waals surface area contributed by atoms with E-state index in [1.165, 1.54) is 5.56 Å². The molecule has 0 radical (unpaired) electrons. The maximum Gasteiger partial charge on any atom is 0.105 e. The van der Waals surface area contributed by atoms with Gasteiger partial charge in [0.15, 0.2) is 0 Å². The average molecular weight is 218 g/mol. The zero-order chi connectivity index (χ0) is 11.6. The monoisotopic (exact) mass is 218 g/mol. The van der Waals surface area contributed by atoms with E-state index in [-0.39, 0.29) is 0 Å². The molecule has 1 aromatic carbocycles. The summed E-state index contributed by atoms with van der Waals surface area (Å²) < 4.78 is 10.7. The Morgan fingerprint density at radius 2 is 2.06 bits per heavy atom. The second-order valence-corrected chi connectivity index (χ2v) is 3.56. The van der Waals surface area contributed by atoms with Crippen LogP contribution in [-0.4, -0.2) is 13.2 Å². The third-order valence-electron chi connectivity index (χ3n) is 1.94. The molecule has 0 fully saturated rings. The number of ether oxygens (including phenoxy) is 2. The van der Waals surface area contributed by atoms with Gasteiger partial charge in [-0.2, -0.15) is 0 Å². The zero-order valence-electron chi connectivity index (χ0n) is 9.69. The summed E-state index contributed by atoms with van der Waals surface area (Å²) in [7, 11) is 0. The van der Waals surface area contributed by atoms with E-state index in [0.29, 0.717) is 19.8 Å². The number of rotatable bonds is 7. The number of benzene rings is 1. The first kappa shape index (κ1) is 12.5. The third kappa shape index (κ3) is 5.37. The van der Waals surface area contributed by atoms with Gasteiger partial charge in [-0.15, -0.1) is 0 Å². The van der Waals surface area contributed by atoms with Crippen molar-refractivity contribution in [1.82, 2.24) is 0 Å². The van der Waals surface area contributed by atoms with E-state index < -0.39 is 0 Å². The molecule has 0 saturated heterocycles. The van der Waals surface area contributed by atoms with Crippen molar-refractivity contribution in [2.75, 3.05) is 13.2 Å². The smallest absolute Gasteiger partial charge is 0.105 e. The second kappa shape index (κ2) is 7.71. The molecule has 1 rings (SSSR count). The number of hydrogen-bond donors (Lipinski definition) is 0. The lowest BCUT2D eigenvalue weighted by Gasteiger charge is -2.04. The molecule has 0 aliphatic rings. The highest BCUT2D eigenvalue weighted by atomic mass is 16.5. The van der Waals surface area contributed by atoms with Crippen molar-refractivity contribution in [1.29, 1.82) is 0 Å². The minimum Gasteiger partial charge on any atom is -0.497 e. The van der Waals surface area contributed by atoms with Crippen molar-refractivity contribution in [3.05, 3.63) is 60.4 Å². The van der Waals surface area contributed by atoms with Gasteiger partial charge >= 0.3 is 0 Å². The predicted molar refractivity (Wildman–Crippen MR) is 66.0 cm³/mol. The van der Waals surface area contributed by atoms with Gasteiger partial charge in [0.1, 0.15) is 6.61 Å². The molecule has 86 valence electrons. The molecule has 0 amide bonds. The molecule has 2 heteroatoms. The first-order valence-corrected chi connectivity index (χ1v) is 5.32. The van der Waals surface area contributed by atoms with Gasteiger partial charge in [-0.3, -0.25) is 0 Å². The summed E-state index contributed by atoms with van der Waals surface area (Å²) >= 11 is 0. The first-order valence-electron chi connectivity index (χ1n) is 5.32. The zero-order valence-corrected chi connectivity index (χ0v) is 9.69. The van der Waals surface area contributed by atoms with Crippen LogP contribution in [0.2, 0.25) is 0 Å². The Morgan fingerprint density at radius 3 is 2.75 bits per heavy atom. The van der Waals surface area contributed by atoms with Gasteiger partial charge in [-0.25, -0.2) is 0 Å². The van der Waals surface area contributed by atoms with E-state index in [1.807, 2.05) is 37.3 Å². The van der Waals surface area contributed by atoms with Crippen molar-refractivity contribution in [2.45, 2.75) is 13.5 Å². The molecule has 0 heterocycles. The lowest BCUT2D eigenvalue weighted by atomic mass is 10.2. The second-order valence-electron chi connectivity index (χ2n) is 3.56. The molecule has 0 aliphatic carbocycles. The maximum atomic E-state index is 5.54. The van der Waals surface area contributed by atoms with Crippen molar-refractivity contribution in [3.63, 3.8) is 0 Å². The fourth-order valence-electron chi connectivity index (χ4n) is 1.20. The van der Waals surface area contributed by atoms with Crippen LogP contribution in [0.4, 0.5) is 0 Å².